The molecule has 2 saturated heterocycles. The monoisotopic (exact) mass is 544 g/mol. The highest BCUT2D eigenvalue weighted by Crippen LogP contribution is 2.40. The second kappa shape index (κ2) is 11.7. The van der Waals surface area contributed by atoms with Crippen LogP contribution in [0.4, 0.5) is 0 Å². The molecule has 39 heavy (non-hydrogen) atoms. The molecule has 0 radical (unpaired) electrons. The first-order chi connectivity index (χ1) is 18.9. The zero-order valence-electron chi connectivity index (χ0n) is 21.3. The van der Waals surface area contributed by atoms with Gasteiger partial charge in [0, 0.05) is 12.7 Å². The number of carbonyl (C=O) groups excluding carboxylic acids is 4. The molecule has 2 fully saturated rings. The van der Waals surface area contributed by atoms with Crippen molar-refractivity contribution in [2.75, 3.05) is 5.75 Å². The number of ether oxygens (including phenoxy) is 2. The number of hydrogen-bond donors (Lipinski definition) is 1. The molecule has 1 unspecified atom stereocenters. The molecule has 0 aliphatic carbocycles. The van der Waals surface area contributed by atoms with Gasteiger partial charge in [0.1, 0.15) is 17.5 Å². The lowest BCUT2D eigenvalue weighted by Gasteiger charge is -2.54. The predicted octanol–water partition coefficient (Wildman–Crippen LogP) is 3.26. The largest absolute Gasteiger partial charge is 0.459 e. The summed E-state index contributed by atoms with van der Waals surface area (Å²) in [6.07, 6.45) is -1.46. The highest BCUT2D eigenvalue weighted by atomic mass is 32.2. The first-order valence-corrected chi connectivity index (χ1v) is 13.7. The van der Waals surface area contributed by atoms with Crippen LogP contribution in [0, 0.1) is 0 Å². The van der Waals surface area contributed by atoms with Gasteiger partial charge in [0.05, 0.1) is 6.42 Å². The molecule has 9 heteroatoms. The number of benzene rings is 3. The molecule has 3 aromatic rings. The number of β-lactam (4-membered cyclic amide) rings is 1. The fourth-order valence-corrected chi connectivity index (χ4v) is 6.32. The average Bonchev–Trinajstić information content (AvgIpc) is 2.95. The summed E-state index contributed by atoms with van der Waals surface area (Å²) in [5, 5.41) is 2.33. The Kier molecular flexibility index (Phi) is 7.97. The van der Waals surface area contributed by atoms with E-state index in [9.17, 15) is 19.2 Å². The van der Waals surface area contributed by atoms with Gasteiger partial charge in [0.2, 0.25) is 11.8 Å². The van der Waals surface area contributed by atoms with Gasteiger partial charge in [-0.15, -0.1) is 11.8 Å². The van der Waals surface area contributed by atoms with Gasteiger partial charge in [0.25, 0.3) is 0 Å². The van der Waals surface area contributed by atoms with Crippen LogP contribution in [0.15, 0.2) is 91.0 Å². The van der Waals surface area contributed by atoms with Crippen molar-refractivity contribution in [1.82, 2.24) is 10.2 Å². The van der Waals surface area contributed by atoms with Crippen molar-refractivity contribution in [3.8, 4) is 0 Å². The van der Waals surface area contributed by atoms with Crippen LogP contribution in [-0.2, 0) is 35.1 Å². The Morgan fingerprint density at radius 1 is 0.923 bits per heavy atom. The van der Waals surface area contributed by atoms with Gasteiger partial charge in [-0.25, -0.2) is 4.79 Å². The number of carbonyl (C=O) groups is 4. The zero-order chi connectivity index (χ0) is 27.4. The molecule has 0 saturated carbocycles. The first-order valence-electron chi connectivity index (χ1n) is 12.7. The maximum atomic E-state index is 13.7. The normalized spacial score (nSPS) is 21.9. The number of rotatable bonds is 8. The molecule has 1 N–H and O–H groups in total. The highest BCUT2D eigenvalue weighted by Gasteiger charge is 2.59. The summed E-state index contributed by atoms with van der Waals surface area (Å²) in [7, 11) is 0. The Labute approximate surface area is 230 Å². The van der Waals surface area contributed by atoms with Crippen molar-refractivity contribution in [3.63, 3.8) is 0 Å². The molecule has 4 atom stereocenters. The van der Waals surface area contributed by atoms with Gasteiger partial charge < -0.3 is 19.7 Å². The van der Waals surface area contributed by atoms with Gasteiger partial charge in [-0.3, -0.25) is 14.4 Å². The minimum absolute atomic E-state index is 0.138. The van der Waals surface area contributed by atoms with E-state index < -0.39 is 47.5 Å². The van der Waals surface area contributed by atoms with E-state index in [4.69, 9.17) is 9.47 Å². The van der Waals surface area contributed by atoms with Crippen molar-refractivity contribution >= 4 is 35.5 Å². The van der Waals surface area contributed by atoms with Crippen LogP contribution in [0.1, 0.15) is 29.7 Å². The zero-order valence-corrected chi connectivity index (χ0v) is 22.1. The van der Waals surface area contributed by atoms with E-state index in [0.717, 1.165) is 16.7 Å². The standard InChI is InChI=1S/C30H28N2O6S/c1-19(33)37-23-18-39-29-25(31-24(34)17-20-11-5-2-6-12-20)28(35)32(29)26(23)30(36)38-27(21-13-7-3-8-14-21)22-15-9-4-10-16-22/h2-16,23,25-27,29H,17-18H2,1H3,(H,31,34)/t23?,25-,26-,29-/m1/s1. The summed E-state index contributed by atoms with van der Waals surface area (Å²) >= 11 is 1.36. The van der Waals surface area contributed by atoms with Gasteiger partial charge >= 0.3 is 11.9 Å². The summed E-state index contributed by atoms with van der Waals surface area (Å²) in [5.74, 6) is -1.65. The third-order valence-electron chi connectivity index (χ3n) is 6.68. The Morgan fingerprint density at radius 2 is 1.49 bits per heavy atom. The lowest BCUT2D eigenvalue weighted by atomic mass is 9.98. The molecule has 2 heterocycles. The average molecular weight is 545 g/mol. The molecular weight excluding hydrogens is 516 g/mol. The van der Waals surface area contributed by atoms with Gasteiger partial charge in [0.15, 0.2) is 12.1 Å². The van der Waals surface area contributed by atoms with E-state index in [1.807, 2.05) is 91.0 Å². The molecule has 2 aliphatic rings. The third kappa shape index (κ3) is 5.83. The SMILES string of the molecule is CC(=O)OC1CS[C@@H]2[C@H](NC(=O)Cc3ccccc3)C(=O)N2[C@H]1C(=O)OC(c1ccccc1)c1ccccc1. The molecule has 2 amide bonds. The number of esters is 2. The Bertz CT molecular complexity index is 1300. The topological polar surface area (TPSA) is 102 Å². The van der Waals surface area contributed by atoms with Crippen molar-refractivity contribution in [2.45, 2.75) is 43.0 Å². The lowest BCUT2D eigenvalue weighted by molar-refractivity contribution is -0.178. The minimum Gasteiger partial charge on any atom is -0.459 e. The molecule has 8 nitrogen and oxygen atoms in total. The van der Waals surface area contributed by atoms with Crippen LogP contribution in [0.5, 0.6) is 0 Å². The second-order valence-corrected chi connectivity index (χ2v) is 10.6. The van der Waals surface area contributed by atoms with Crippen LogP contribution in [0.3, 0.4) is 0 Å². The second-order valence-electron chi connectivity index (χ2n) is 9.41. The predicted molar refractivity (Wildman–Crippen MR) is 145 cm³/mol. The summed E-state index contributed by atoms with van der Waals surface area (Å²) < 4.78 is 11.5. The summed E-state index contributed by atoms with van der Waals surface area (Å²) in [6, 6.07) is 26.0. The van der Waals surface area contributed by atoms with Crippen LogP contribution >= 0.6 is 11.8 Å². The maximum Gasteiger partial charge on any atom is 0.333 e. The number of hydrogen-bond acceptors (Lipinski definition) is 7. The molecule has 2 aliphatic heterocycles. The quantitative estimate of drug-likeness (QED) is 0.343. The van der Waals surface area contributed by atoms with Gasteiger partial charge in [-0.05, 0) is 16.7 Å². The number of thioether (sulfide) groups is 1. The molecule has 0 bridgehead atoms. The summed E-state index contributed by atoms with van der Waals surface area (Å²) in [4.78, 5) is 53.0. The number of nitrogens with one attached hydrogen (secondary N) is 1. The van der Waals surface area contributed by atoms with Crippen LogP contribution in [-0.4, -0.2) is 58.0 Å². The summed E-state index contributed by atoms with van der Waals surface area (Å²) in [6.45, 7) is 1.26. The first kappa shape index (κ1) is 26.5. The molecular formula is C30H28N2O6S. The molecule has 3 aromatic carbocycles. The van der Waals surface area contributed by atoms with E-state index >= 15 is 0 Å². The fourth-order valence-electron chi connectivity index (χ4n) is 4.91. The smallest absolute Gasteiger partial charge is 0.333 e. The molecule has 0 aromatic heterocycles. The molecule has 0 spiro atoms. The van der Waals surface area contributed by atoms with Crippen LogP contribution in [0.25, 0.3) is 0 Å². The van der Waals surface area contributed by atoms with Crippen molar-refractivity contribution in [2.24, 2.45) is 0 Å². The summed E-state index contributed by atoms with van der Waals surface area (Å²) in [5.41, 5.74) is 2.37. The van der Waals surface area contributed by atoms with Crippen LogP contribution in [0.2, 0.25) is 0 Å². The van der Waals surface area contributed by atoms with Gasteiger partial charge in [-0.1, -0.05) is 91.0 Å². The van der Waals surface area contributed by atoms with E-state index in [2.05, 4.69) is 5.32 Å². The van der Waals surface area contributed by atoms with Gasteiger partial charge in [-0.2, -0.15) is 0 Å². The Morgan fingerprint density at radius 3 is 2.05 bits per heavy atom. The van der Waals surface area contributed by atoms with Crippen molar-refractivity contribution in [3.05, 3.63) is 108 Å². The van der Waals surface area contributed by atoms with Crippen LogP contribution < -0.4 is 5.32 Å². The fraction of sp³-hybridized carbons (Fsp3) is 0.267. The molecule has 200 valence electrons. The van der Waals surface area contributed by atoms with E-state index in [1.54, 1.807) is 0 Å². The Balaban J connectivity index is 1.36. The number of fused-ring (bicyclic) bond motifs is 1. The van der Waals surface area contributed by atoms with E-state index in [1.165, 1.54) is 23.6 Å². The van der Waals surface area contributed by atoms with Crippen molar-refractivity contribution < 1.29 is 28.7 Å². The van der Waals surface area contributed by atoms with E-state index in [-0.39, 0.29) is 18.1 Å². The lowest BCUT2D eigenvalue weighted by Crippen LogP contribution is -2.77. The van der Waals surface area contributed by atoms with E-state index in [0.29, 0.717) is 0 Å². The maximum absolute atomic E-state index is 13.7. The number of amides is 2. The Hall–Kier alpha value is -4.11. The molecule has 5 rings (SSSR count). The number of nitrogens with zero attached hydrogens (tertiary/aromatic N) is 1. The third-order valence-corrected chi connectivity index (χ3v) is 8.05. The van der Waals surface area contributed by atoms with Crippen molar-refractivity contribution in [1.29, 1.82) is 0 Å². The minimum atomic E-state index is -1.13. The highest BCUT2D eigenvalue weighted by molar-refractivity contribution is 8.00.